The number of rotatable bonds is 4. The van der Waals surface area contributed by atoms with E-state index >= 15 is 0 Å². The summed E-state index contributed by atoms with van der Waals surface area (Å²) >= 11 is 0. The zero-order chi connectivity index (χ0) is 11.8. The first kappa shape index (κ1) is 12.2. The predicted octanol–water partition coefficient (Wildman–Crippen LogP) is 3.95. The SMILES string of the molecule is C\C=C/C=C(\C=C/C)C(=O)c1ccccc1. The average Bonchev–Trinajstić information content (AvgIpc) is 2.35. The summed E-state index contributed by atoms with van der Waals surface area (Å²) in [6, 6.07) is 9.30. The first-order chi connectivity index (χ1) is 7.79. The first-order valence-electron chi connectivity index (χ1n) is 5.35. The van der Waals surface area contributed by atoms with Gasteiger partial charge in [0.2, 0.25) is 0 Å². The van der Waals surface area contributed by atoms with Crippen LogP contribution in [-0.2, 0) is 0 Å². The van der Waals surface area contributed by atoms with Crippen molar-refractivity contribution in [2.75, 3.05) is 0 Å². The second-order valence-corrected chi connectivity index (χ2v) is 3.34. The lowest BCUT2D eigenvalue weighted by Gasteiger charge is -2.00. The van der Waals surface area contributed by atoms with E-state index in [0.29, 0.717) is 5.57 Å². The van der Waals surface area contributed by atoms with E-state index in [1.54, 1.807) is 0 Å². The third kappa shape index (κ3) is 3.35. The molecule has 0 aromatic heterocycles. The van der Waals surface area contributed by atoms with Gasteiger partial charge in [-0.3, -0.25) is 4.79 Å². The largest absolute Gasteiger partial charge is 0.289 e. The normalized spacial score (nSPS) is 12.5. The van der Waals surface area contributed by atoms with Crippen molar-refractivity contribution in [2.24, 2.45) is 0 Å². The zero-order valence-electron chi connectivity index (χ0n) is 9.68. The number of hydrogen-bond donors (Lipinski definition) is 0. The molecule has 82 valence electrons. The van der Waals surface area contributed by atoms with Crippen LogP contribution in [0.25, 0.3) is 0 Å². The Balaban J connectivity index is 3.01. The fraction of sp³-hybridized carbons (Fsp3) is 0.133. The number of benzene rings is 1. The minimum absolute atomic E-state index is 0.0526. The van der Waals surface area contributed by atoms with Crippen molar-refractivity contribution in [3.8, 4) is 0 Å². The van der Waals surface area contributed by atoms with Gasteiger partial charge >= 0.3 is 0 Å². The van der Waals surface area contributed by atoms with Gasteiger partial charge in [-0.25, -0.2) is 0 Å². The molecule has 0 bridgehead atoms. The first-order valence-corrected chi connectivity index (χ1v) is 5.35. The molecule has 0 aliphatic heterocycles. The van der Waals surface area contributed by atoms with Gasteiger partial charge in [0.1, 0.15) is 0 Å². The summed E-state index contributed by atoms with van der Waals surface area (Å²) in [5.74, 6) is 0.0526. The summed E-state index contributed by atoms with van der Waals surface area (Å²) < 4.78 is 0. The van der Waals surface area contributed by atoms with E-state index < -0.39 is 0 Å². The highest BCUT2D eigenvalue weighted by molar-refractivity contribution is 6.10. The van der Waals surface area contributed by atoms with E-state index in [9.17, 15) is 4.79 Å². The van der Waals surface area contributed by atoms with E-state index in [0.717, 1.165) is 5.56 Å². The van der Waals surface area contributed by atoms with Crippen molar-refractivity contribution in [1.82, 2.24) is 0 Å². The molecule has 1 rings (SSSR count). The molecule has 1 heteroatoms. The summed E-state index contributed by atoms with van der Waals surface area (Å²) in [5.41, 5.74) is 1.42. The maximum absolute atomic E-state index is 12.1. The molecule has 0 unspecified atom stereocenters. The summed E-state index contributed by atoms with van der Waals surface area (Å²) in [7, 11) is 0. The Morgan fingerprint density at radius 2 is 1.75 bits per heavy atom. The van der Waals surface area contributed by atoms with Crippen LogP contribution in [-0.4, -0.2) is 5.78 Å². The van der Waals surface area contributed by atoms with Crippen LogP contribution >= 0.6 is 0 Å². The molecule has 1 nitrogen and oxygen atoms in total. The molecular formula is C15H16O. The fourth-order valence-corrected chi connectivity index (χ4v) is 1.34. The molecule has 0 amide bonds. The number of ketones is 1. The van der Waals surface area contributed by atoms with Gasteiger partial charge in [0.05, 0.1) is 0 Å². The standard InChI is InChI=1S/C15H16O/c1-3-5-10-13(9-4-2)15(16)14-11-7-6-8-12-14/h3-12H,1-2H3/b5-3-,9-4-,13-10+. The predicted molar refractivity (Wildman–Crippen MR) is 68.5 cm³/mol. The van der Waals surface area contributed by atoms with E-state index in [1.807, 2.05) is 74.6 Å². The fourth-order valence-electron chi connectivity index (χ4n) is 1.34. The lowest BCUT2D eigenvalue weighted by molar-refractivity contribution is 0.103. The number of hydrogen-bond acceptors (Lipinski definition) is 1. The van der Waals surface area contributed by atoms with Crippen LogP contribution < -0.4 is 0 Å². The van der Waals surface area contributed by atoms with Gasteiger partial charge in [0.25, 0.3) is 0 Å². The molecule has 0 N–H and O–H groups in total. The topological polar surface area (TPSA) is 17.1 Å². The third-order valence-electron chi connectivity index (χ3n) is 2.11. The summed E-state index contributed by atoms with van der Waals surface area (Å²) in [6.07, 6.45) is 9.30. The van der Waals surface area contributed by atoms with Crippen LogP contribution in [0.3, 0.4) is 0 Å². The third-order valence-corrected chi connectivity index (χ3v) is 2.11. The van der Waals surface area contributed by atoms with Crippen LogP contribution in [0.15, 0.2) is 66.3 Å². The number of Topliss-reactive ketones (excluding diaryl/α,β-unsaturated/α-hetero) is 1. The minimum atomic E-state index is 0.0526. The van der Waals surface area contributed by atoms with Gasteiger partial charge in [-0.1, -0.05) is 60.7 Å². The molecule has 1 aromatic carbocycles. The Bertz CT molecular complexity index is 422. The highest BCUT2D eigenvalue weighted by Crippen LogP contribution is 2.09. The smallest absolute Gasteiger partial charge is 0.193 e. The zero-order valence-corrected chi connectivity index (χ0v) is 9.68. The van der Waals surface area contributed by atoms with Crippen molar-refractivity contribution >= 4 is 5.78 Å². The van der Waals surface area contributed by atoms with E-state index in [4.69, 9.17) is 0 Å². The second kappa shape index (κ2) is 6.57. The van der Waals surface area contributed by atoms with Gasteiger partial charge in [-0.15, -0.1) is 0 Å². The van der Waals surface area contributed by atoms with Gasteiger partial charge < -0.3 is 0 Å². The Labute approximate surface area is 96.8 Å². The molecule has 0 saturated carbocycles. The molecule has 0 heterocycles. The molecule has 0 atom stereocenters. The number of allylic oxidation sites excluding steroid dienone is 6. The molecule has 0 saturated heterocycles. The van der Waals surface area contributed by atoms with E-state index in [2.05, 4.69) is 0 Å². The van der Waals surface area contributed by atoms with Crippen LogP contribution in [0.5, 0.6) is 0 Å². The summed E-state index contributed by atoms with van der Waals surface area (Å²) in [6.45, 7) is 3.83. The Kier molecular flexibility index (Phi) is 5.00. The van der Waals surface area contributed by atoms with Crippen LogP contribution in [0.4, 0.5) is 0 Å². The van der Waals surface area contributed by atoms with Gasteiger partial charge in [-0.2, -0.15) is 0 Å². The van der Waals surface area contributed by atoms with E-state index in [1.165, 1.54) is 0 Å². The molecule has 0 aliphatic carbocycles. The van der Waals surface area contributed by atoms with Gasteiger partial charge in [0.15, 0.2) is 5.78 Å². The van der Waals surface area contributed by atoms with Crippen molar-refractivity contribution in [2.45, 2.75) is 13.8 Å². The molecule has 1 aromatic rings. The summed E-state index contributed by atoms with van der Waals surface area (Å²) in [5, 5.41) is 0. The lowest BCUT2D eigenvalue weighted by atomic mass is 10.0. The lowest BCUT2D eigenvalue weighted by Crippen LogP contribution is -2.00. The van der Waals surface area contributed by atoms with Crippen molar-refractivity contribution < 1.29 is 4.79 Å². The Morgan fingerprint density at radius 1 is 1.06 bits per heavy atom. The number of carbonyl (C=O) groups is 1. The molecule has 0 radical (unpaired) electrons. The highest BCUT2D eigenvalue weighted by atomic mass is 16.1. The average molecular weight is 212 g/mol. The van der Waals surface area contributed by atoms with E-state index in [-0.39, 0.29) is 5.78 Å². The maximum atomic E-state index is 12.1. The monoisotopic (exact) mass is 212 g/mol. The van der Waals surface area contributed by atoms with Crippen molar-refractivity contribution in [3.63, 3.8) is 0 Å². The minimum Gasteiger partial charge on any atom is -0.289 e. The highest BCUT2D eigenvalue weighted by Gasteiger charge is 2.07. The summed E-state index contributed by atoms with van der Waals surface area (Å²) in [4.78, 5) is 12.1. The van der Waals surface area contributed by atoms with Crippen LogP contribution in [0, 0.1) is 0 Å². The molecule has 0 aliphatic rings. The molecule has 0 fully saturated rings. The Hall–Kier alpha value is -1.89. The second-order valence-electron chi connectivity index (χ2n) is 3.34. The van der Waals surface area contributed by atoms with Crippen molar-refractivity contribution in [3.05, 3.63) is 71.8 Å². The molecule has 0 spiro atoms. The quantitative estimate of drug-likeness (QED) is 0.419. The van der Waals surface area contributed by atoms with Gasteiger partial charge in [-0.05, 0) is 13.8 Å². The molecule has 16 heavy (non-hydrogen) atoms. The van der Waals surface area contributed by atoms with Crippen LogP contribution in [0.1, 0.15) is 24.2 Å². The Morgan fingerprint density at radius 3 is 2.31 bits per heavy atom. The van der Waals surface area contributed by atoms with Crippen molar-refractivity contribution in [1.29, 1.82) is 0 Å². The molecular weight excluding hydrogens is 196 g/mol. The number of carbonyl (C=O) groups excluding carboxylic acids is 1. The van der Waals surface area contributed by atoms with Gasteiger partial charge in [0, 0.05) is 11.1 Å². The maximum Gasteiger partial charge on any atom is 0.193 e. The van der Waals surface area contributed by atoms with Crippen LogP contribution in [0.2, 0.25) is 0 Å².